The summed E-state index contributed by atoms with van der Waals surface area (Å²) in [4.78, 5) is 13.1. The van der Waals surface area contributed by atoms with Gasteiger partial charge in [-0.1, -0.05) is 17.7 Å². The van der Waals surface area contributed by atoms with E-state index in [1.807, 2.05) is 6.92 Å². The molecule has 0 saturated heterocycles. The molecule has 1 amide bonds. The van der Waals surface area contributed by atoms with E-state index in [1.165, 1.54) is 43.5 Å². The molecule has 10 heteroatoms. The highest BCUT2D eigenvalue weighted by atomic mass is 32.2. The summed E-state index contributed by atoms with van der Waals surface area (Å²) in [5.74, 6) is -0.431. The Bertz CT molecular complexity index is 994. The summed E-state index contributed by atoms with van der Waals surface area (Å²) in [6.45, 7) is 5.15. The van der Waals surface area contributed by atoms with Gasteiger partial charge in [0.1, 0.15) is 11.9 Å². The maximum Gasteiger partial charge on any atom is 0.340 e. The predicted octanol–water partition coefficient (Wildman–Crippen LogP) is 3.99. The molecule has 30 heavy (non-hydrogen) atoms. The molecule has 0 unspecified atom stereocenters. The molecule has 2 aromatic rings. The first-order valence-corrected chi connectivity index (χ1v) is 12.5. The first-order chi connectivity index (χ1) is 14.2. The van der Waals surface area contributed by atoms with Crippen LogP contribution in [-0.4, -0.2) is 40.8 Å². The van der Waals surface area contributed by atoms with Gasteiger partial charge in [0, 0.05) is 0 Å². The summed E-state index contributed by atoms with van der Waals surface area (Å²) < 4.78 is 55.6. The third-order valence-corrected chi connectivity index (χ3v) is 7.80. The zero-order chi connectivity index (χ0) is 22.4. The Labute approximate surface area is 177 Å². The zero-order valence-corrected chi connectivity index (χ0v) is 19.1. The first kappa shape index (κ1) is 24.1. The van der Waals surface area contributed by atoms with E-state index in [1.54, 1.807) is 26.0 Å². The van der Waals surface area contributed by atoms with Crippen LogP contribution in [0.3, 0.4) is 0 Å². The summed E-state index contributed by atoms with van der Waals surface area (Å²) in [7, 11) is -6.62. The third kappa shape index (κ3) is 5.70. The molecular weight excluding hydrogens is 429 g/mol. The zero-order valence-electron chi connectivity index (χ0n) is 17.4. The van der Waals surface area contributed by atoms with Crippen LogP contribution in [0.1, 0.15) is 19.4 Å². The van der Waals surface area contributed by atoms with Crippen molar-refractivity contribution >= 4 is 29.2 Å². The Morgan fingerprint density at radius 1 is 0.967 bits per heavy atom. The number of hydrogen-bond acceptors (Lipinski definition) is 7. The lowest BCUT2D eigenvalue weighted by molar-refractivity contribution is -0.115. The van der Waals surface area contributed by atoms with E-state index in [2.05, 4.69) is 0 Å². The average molecular weight is 455 g/mol. The number of ether oxygens (including phenoxy) is 1. The van der Waals surface area contributed by atoms with Crippen molar-refractivity contribution < 1.29 is 31.6 Å². The largest absolute Gasteiger partial charge is 0.497 e. The highest BCUT2D eigenvalue weighted by Gasteiger charge is 2.37. The fourth-order valence-electron chi connectivity index (χ4n) is 2.70. The topological polar surface area (TPSA) is 99.2 Å². The van der Waals surface area contributed by atoms with Crippen molar-refractivity contribution in [3.05, 3.63) is 54.1 Å². The molecule has 0 saturated carbocycles. The van der Waals surface area contributed by atoms with Gasteiger partial charge in [-0.15, -0.1) is 0 Å². The molecule has 0 heterocycles. The van der Waals surface area contributed by atoms with Crippen molar-refractivity contribution in [1.29, 1.82) is 0 Å². The van der Waals surface area contributed by atoms with Crippen molar-refractivity contribution in [2.45, 2.75) is 25.7 Å². The molecule has 8 nitrogen and oxygen atoms in total. The molecular formula is C20H26NO7PS. The van der Waals surface area contributed by atoms with Crippen LogP contribution in [0.2, 0.25) is 0 Å². The van der Waals surface area contributed by atoms with Crippen LogP contribution >= 0.6 is 7.60 Å². The van der Waals surface area contributed by atoms with E-state index < -0.39 is 29.7 Å². The van der Waals surface area contributed by atoms with Gasteiger partial charge < -0.3 is 13.8 Å². The smallest absolute Gasteiger partial charge is 0.340 e. The second kappa shape index (κ2) is 10.2. The number of hydrogen-bond donors (Lipinski definition) is 0. The maximum absolute atomic E-state index is 13.3. The lowest BCUT2D eigenvalue weighted by Gasteiger charge is -2.25. The minimum Gasteiger partial charge on any atom is -0.497 e. The van der Waals surface area contributed by atoms with Crippen LogP contribution in [0.4, 0.5) is 5.69 Å². The number of rotatable bonds is 10. The van der Waals surface area contributed by atoms with Gasteiger partial charge in [0.15, 0.2) is 0 Å². The van der Waals surface area contributed by atoms with E-state index >= 15 is 0 Å². The molecule has 2 rings (SSSR count). The SMILES string of the molecule is CCOP(=O)(CC(=O)N(c1ccc(OC)cc1)S(=O)(=O)c1ccc(C)cc1)OCC. The molecule has 0 spiro atoms. The van der Waals surface area contributed by atoms with Gasteiger partial charge in [-0.05, 0) is 57.2 Å². The minimum absolute atomic E-state index is 0.0534. The van der Waals surface area contributed by atoms with Crippen LogP contribution in [0.25, 0.3) is 0 Å². The van der Waals surface area contributed by atoms with Crippen molar-refractivity contribution in [2.75, 3.05) is 30.8 Å². The van der Waals surface area contributed by atoms with Crippen LogP contribution < -0.4 is 9.04 Å². The number of carbonyl (C=O) groups is 1. The monoisotopic (exact) mass is 455 g/mol. The number of nitrogens with zero attached hydrogens (tertiary/aromatic N) is 1. The number of carbonyl (C=O) groups excluding carboxylic acids is 1. The van der Waals surface area contributed by atoms with Gasteiger partial charge in [0.2, 0.25) is 0 Å². The van der Waals surface area contributed by atoms with Gasteiger partial charge in [0.25, 0.3) is 15.9 Å². The van der Waals surface area contributed by atoms with E-state index in [-0.39, 0.29) is 23.8 Å². The van der Waals surface area contributed by atoms with E-state index in [4.69, 9.17) is 13.8 Å². The number of amides is 1. The lowest BCUT2D eigenvalue weighted by atomic mass is 10.2. The van der Waals surface area contributed by atoms with E-state index in [0.717, 1.165) is 5.56 Å². The Morgan fingerprint density at radius 3 is 1.97 bits per heavy atom. The number of anilines is 1. The summed E-state index contributed by atoms with van der Waals surface area (Å²) >= 11 is 0. The Kier molecular flexibility index (Phi) is 8.20. The molecule has 0 aliphatic rings. The van der Waals surface area contributed by atoms with Crippen molar-refractivity contribution in [3.8, 4) is 5.75 Å². The van der Waals surface area contributed by atoms with Gasteiger partial charge in [-0.2, -0.15) is 0 Å². The van der Waals surface area contributed by atoms with Gasteiger partial charge >= 0.3 is 7.60 Å². The average Bonchev–Trinajstić information content (AvgIpc) is 2.69. The third-order valence-electron chi connectivity index (χ3n) is 4.07. The molecule has 0 N–H and O–H groups in total. The van der Waals surface area contributed by atoms with Crippen molar-refractivity contribution in [3.63, 3.8) is 0 Å². The summed E-state index contributed by atoms with van der Waals surface area (Å²) in [5, 5.41) is 0. The molecule has 0 aromatic heterocycles. The molecule has 0 bridgehead atoms. The fourth-order valence-corrected chi connectivity index (χ4v) is 5.74. The van der Waals surface area contributed by atoms with Gasteiger partial charge in [-0.25, -0.2) is 12.7 Å². The summed E-state index contributed by atoms with van der Waals surface area (Å²) in [6, 6.07) is 12.0. The summed E-state index contributed by atoms with van der Waals surface area (Å²) in [5.41, 5.74) is 0.953. The van der Waals surface area contributed by atoms with E-state index in [9.17, 15) is 17.8 Å². The summed E-state index contributed by atoms with van der Waals surface area (Å²) in [6.07, 6.45) is -0.716. The van der Waals surface area contributed by atoms with Crippen LogP contribution in [0.15, 0.2) is 53.4 Å². The molecule has 164 valence electrons. The number of sulfonamides is 1. The first-order valence-electron chi connectivity index (χ1n) is 9.34. The molecule has 0 atom stereocenters. The fraction of sp³-hybridized carbons (Fsp3) is 0.350. The van der Waals surface area contributed by atoms with Crippen LogP contribution in [0, 0.1) is 6.92 Å². The van der Waals surface area contributed by atoms with Gasteiger partial charge in [-0.3, -0.25) is 9.36 Å². The quantitative estimate of drug-likeness (QED) is 0.500. The highest BCUT2D eigenvalue weighted by molar-refractivity contribution is 7.93. The lowest BCUT2D eigenvalue weighted by Crippen LogP contribution is -2.39. The van der Waals surface area contributed by atoms with Gasteiger partial charge in [0.05, 0.1) is 30.9 Å². The Morgan fingerprint density at radius 2 is 1.50 bits per heavy atom. The van der Waals surface area contributed by atoms with E-state index in [0.29, 0.717) is 10.1 Å². The standard InChI is InChI=1S/C20H26NO7PS/c1-5-27-29(23,28-6-2)15-20(22)21(17-9-11-18(26-4)12-10-17)30(24,25)19-13-7-16(3)8-14-19/h7-14H,5-6,15H2,1-4H3. The Balaban J connectivity index is 2.53. The van der Waals surface area contributed by atoms with Crippen LogP contribution in [-0.2, 0) is 28.4 Å². The predicted molar refractivity (Wildman–Crippen MR) is 115 cm³/mol. The minimum atomic E-state index is -4.28. The molecule has 0 aliphatic carbocycles. The normalized spacial score (nSPS) is 11.9. The highest BCUT2D eigenvalue weighted by Crippen LogP contribution is 2.48. The maximum atomic E-state index is 13.3. The molecule has 2 aromatic carbocycles. The van der Waals surface area contributed by atoms with Crippen molar-refractivity contribution in [2.24, 2.45) is 0 Å². The molecule has 0 aliphatic heterocycles. The molecule has 0 fully saturated rings. The second-order valence-corrected chi connectivity index (χ2v) is 10.1. The molecule has 0 radical (unpaired) electrons. The van der Waals surface area contributed by atoms with Crippen LogP contribution in [0.5, 0.6) is 5.75 Å². The number of aryl methyl sites for hydroxylation is 1. The Hall–Kier alpha value is -2.19. The van der Waals surface area contributed by atoms with Crippen molar-refractivity contribution in [1.82, 2.24) is 0 Å². The second-order valence-electron chi connectivity index (χ2n) is 6.28. The number of methoxy groups -OCH3 is 1. The number of benzene rings is 2.